The molecular weight excluding hydrogens is 410 g/mol. The highest BCUT2D eigenvalue weighted by atomic mass is 19.3. The van der Waals surface area contributed by atoms with E-state index < -0.39 is 6.61 Å². The van der Waals surface area contributed by atoms with Crippen molar-refractivity contribution >= 4 is 11.9 Å². The lowest BCUT2D eigenvalue weighted by molar-refractivity contribution is -0.141. The minimum Gasteiger partial charge on any atom is -0.435 e. The fourth-order valence-electron chi connectivity index (χ4n) is 7.98. The van der Waals surface area contributed by atoms with Crippen molar-refractivity contribution in [1.82, 2.24) is 0 Å². The maximum atomic E-state index is 13.5. The number of benzene rings is 1. The first kappa shape index (κ1) is 22.1. The molecule has 174 valence electrons. The maximum Gasteiger partial charge on any atom is 0.387 e. The minimum atomic E-state index is -2.84. The highest BCUT2D eigenvalue weighted by molar-refractivity contribution is 6.05. The fraction of sp³-hybridized carbons (Fsp3) is 0.667. The molecule has 3 nitrogen and oxygen atoms in total. The Hall–Kier alpha value is -1.75. The number of carbonyl (C=O) groups excluding carboxylic acids is 1. The number of hydrogen-bond acceptors (Lipinski definition) is 3. The zero-order chi connectivity index (χ0) is 22.7. The quantitative estimate of drug-likeness (QED) is 0.560. The van der Waals surface area contributed by atoms with Crippen molar-refractivity contribution in [2.24, 2.45) is 34.5 Å². The van der Waals surface area contributed by atoms with Crippen molar-refractivity contribution < 1.29 is 23.4 Å². The standard InChI is InChI=1S/C27H34F2O3/c1-26-11-9-19(30)15-18(26)5-8-21-22(26)10-12-27(2)23(21)14-17(24(27)31)13-16-3-6-20(7-4-16)32-25(28)29/h3-4,6-7,13,18-19,21-23,25,30H,5,8-12,14-15H2,1-2H3/b17-13+. The Bertz CT molecular complexity index is 910. The average molecular weight is 445 g/mol. The lowest BCUT2D eigenvalue weighted by Gasteiger charge is -2.59. The van der Waals surface area contributed by atoms with Gasteiger partial charge in [0.15, 0.2) is 5.78 Å². The monoisotopic (exact) mass is 444 g/mol. The SMILES string of the molecule is CC12CCC3C(CCC4CC(O)CCC43C)C1C/C(=C\c1ccc(OC(F)F)cc1)C2=O. The zero-order valence-electron chi connectivity index (χ0n) is 19.0. The van der Waals surface area contributed by atoms with Gasteiger partial charge in [0.2, 0.25) is 0 Å². The van der Waals surface area contributed by atoms with Gasteiger partial charge in [-0.3, -0.25) is 4.79 Å². The summed E-state index contributed by atoms with van der Waals surface area (Å²) in [4.78, 5) is 13.5. The molecule has 0 radical (unpaired) electrons. The molecule has 0 saturated heterocycles. The van der Waals surface area contributed by atoms with Crippen molar-refractivity contribution in [3.8, 4) is 5.75 Å². The summed E-state index contributed by atoms with van der Waals surface area (Å²) in [6.07, 6.45) is 9.97. The Balaban J connectivity index is 1.38. The number of aliphatic hydroxyl groups excluding tert-OH is 1. The fourth-order valence-corrected chi connectivity index (χ4v) is 7.98. The number of ketones is 1. The van der Waals surface area contributed by atoms with E-state index in [9.17, 15) is 18.7 Å². The molecule has 4 saturated carbocycles. The molecule has 0 heterocycles. The molecule has 7 unspecified atom stereocenters. The normalized spacial score (nSPS) is 42.5. The van der Waals surface area contributed by atoms with Gasteiger partial charge in [-0.2, -0.15) is 8.78 Å². The number of halogens is 2. The summed E-state index contributed by atoms with van der Waals surface area (Å²) >= 11 is 0. The van der Waals surface area contributed by atoms with Gasteiger partial charge in [0, 0.05) is 5.41 Å². The van der Waals surface area contributed by atoms with E-state index in [2.05, 4.69) is 18.6 Å². The summed E-state index contributed by atoms with van der Waals surface area (Å²) in [5, 5.41) is 10.2. The van der Waals surface area contributed by atoms with Crippen LogP contribution in [0.4, 0.5) is 8.78 Å². The van der Waals surface area contributed by atoms with E-state index in [4.69, 9.17) is 0 Å². The van der Waals surface area contributed by atoms with Gasteiger partial charge in [0.25, 0.3) is 0 Å². The summed E-state index contributed by atoms with van der Waals surface area (Å²) in [5.74, 6) is 2.61. The third-order valence-corrected chi connectivity index (χ3v) is 9.72. The predicted octanol–water partition coefficient (Wildman–Crippen LogP) is 6.25. The molecule has 32 heavy (non-hydrogen) atoms. The van der Waals surface area contributed by atoms with Crippen molar-refractivity contribution in [3.63, 3.8) is 0 Å². The molecule has 1 aromatic rings. The Morgan fingerprint density at radius 2 is 1.81 bits per heavy atom. The molecule has 0 bridgehead atoms. The maximum absolute atomic E-state index is 13.5. The van der Waals surface area contributed by atoms with Crippen LogP contribution in [0.15, 0.2) is 29.8 Å². The van der Waals surface area contributed by atoms with Gasteiger partial charge in [-0.15, -0.1) is 0 Å². The molecule has 0 amide bonds. The smallest absolute Gasteiger partial charge is 0.387 e. The van der Waals surface area contributed by atoms with Crippen LogP contribution in [0.25, 0.3) is 6.08 Å². The van der Waals surface area contributed by atoms with Crippen molar-refractivity contribution in [2.45, 2.75) is 77.9 Å². The van der Waals surface area contributed by atoms with Crippen molar-refractivity contribution in [3.05, 3.63) is 35.4 Å². The summed E-state index contributed by atoms with van der Waals surface area (Å²) in [7, 11) is 0. The number of aliphatic hydroxyl groups is 1. The lowest BCUT2D eigenvalue weighted by Crippen LogP contribution is -2.54. The second-order valence-electron chi connectivity index (χ2n) is 11.2. The molecule has 4 fully saturated rings. The molecule has 1 N–H and O–H groups in total. The highest BCUT2D eigenvalue weighted by Gasteiger charge is 2.61. The number of fused-ring (bicyclic) bond motifs is 5. The third-order valence-electron chi connectivity index (χ3n) is 9.72. The van der Waals surface area contributed by atoms with E-state index in [-0.39, 0.29) is 23.1 Å². The van der Waals surface area contributed by atoms with Gasteiger partial charge in [-0.1, -0.05) is 26.0 Å². The van der Waals surface area contributed by atoms with Crippen molar-refractivity contribution in [2.75, 3.05) is 0 Å². The van der Waals surface area contributed by atoms with Gasteiger partial charge in [0.1, 0.15) is 5.75 Å². The molecule has 0 aromatic heterocycles. The molecule has 5 heteroatoms. The summed E-state index contributed by atoms with van der Waals surface area (Å²) in [6, 6.07) is 6.54. The van der Waals surface area contributed by atoms with Gasteiger partial charge in [0.05, 0.1) is 6.10 Å². The number of hydrogen-bond donors (Lipinski definition) is 1. The molecule has 4 aliphatic carbocycles. The number of ether oxygens (including phenoxy) is 1. The van der Waals surface area contributed by atoms with Crippen LogP contribution in [0.5, 0.6) is 5.75 Å². The lowest BCUT2D eigenvalue weighted by atomic mass is 9.45. The van der Waals surface area contributed by atoms with Crippen LogP contribution in [0.2, 0.25) is 0 Å². The van der Waals surface area contributed by atoms with E-state index in [1.807, 2.05) is 6.08 Å². The Morgan fingerprint density at radius 3 is 2.53 bits per heavy atom. The number of carbonyl (C=O) groups is 1. The van der Waals surface area contributed by atoms with Crippen LogP contribution in [0.1, 0.15) is 70.8 Å². The average Bonchev–Trinajstić information content (AvgIpc) is 3.00. The van der Waals surface area contributed by atoms with Crippen LogP contribution in [0.3, 0.4) is 0 Å². The first-order valence-corrected chi connectivity index (χ1v) is 12.2. The first-order valence-electron chi connectivity index (χ1n) is 12.2. The number of alkyl halides is 2. The third kappa shape index (κ3) is 3.52. The summed E-state index contributed by atoms with van der Waals surface area (Å²) in [5.41, 5.74) is 1.74. The number of Topliss-reactive ketones (excluding diaryl/α,β-unsaturated/α-hetero) is 1. The van der Waals surface area contributed by atoms with Crippen LogP contribution < -0.4 is 4.74 Å². The zero-order valence-corrected chi connectivity index (χ0v) is 19.0. The van der Waals surface area contributed by atoms with Crippen molar-refractivity contribution in [1.29, 1.82) is 0 Å². The van der Waals surface area contributed by atoms with Gasteiger partial charge >= 0.3 is 6.61 Å². The molecule has 4 aliphatic rings. The van der Waals surface area contributed by atoms with E-state index in [1.54, 1.807) is 12.1 Å². The molecule has 0 spiro atoms. The number of allylic oxidation sites excluding steroid dienone is 1. The van der Waals surface area contributed by atoms with Gasteiger partial charge in [-0.25, -0.2) is 0 Å². The van der Waals surface area contributed by atoms with Crippen LogP contribution in [0, 0.1) is 34.5 Å². The second-order valence-corrected chi connectivity index (χ2v) is 11.2. The Labute approximate surface area is 189 Å². The van der Waals surface area contributed by atoms with Crippen LogP contribution >= 0.6 is 0 Å². The molecular formula is C27H34F2O3. The van der Waals surface area contributed by atoms with E-state index in [0.717, 1.165) is 56.1 Å². The molecule has 0 aliphatic heterocycles. The van der Waals surface area contributed by atoms with E-state index in [0.29, 0.717) is 29.1 Å². The predicted molar refractivity (Wildman–Crippen MR) is 119 cm³/mol. The molecule has 7 atom stereocenters. The second kappa shape index (κ2) is 7.93. The topological polar surface area (TPSA) is 46.5 Å². The molecule has 5 rings (SSSR count). The van der Waals surface area contributed by atoms with Crippen LogP contribution in [-0.2, 0) is 4.79 Å². The minimum absolute atomic E-state index is 0.131. The highest BCUT2D eigenvalue weighted by Crippen LogP contribution is 2.66. The van der Waals surface area contributed by atoms with E-state index >= 15 is 0 Å². The first-order chi connectivity index (χ1) is 15.2. The summed E-state index contributed by atoms with van der Waals surface area (Å²) < 4.78 is 29.2. The Morgan fingerprint density at radius 1 is 1.06 bits per heavy atom. The van der Waals surface area contributed by atoms with Gasteiger partial charge in [-0.05, 0) is 110 Å². The summed E-state index contributed by atoms with van der Waals surface area (Å²) in [6.45, 7) is 1.80. The molecule has 1 aromatic carbocycles. The largest absolute Gasteiger partial charge is 0.435 e. The van der Waals surface area contributed by atoms with Crippen LogP contribution in [-0.4, -0.2) is 23.6 Å². The van der Waals surface area contributed by atoms with E-state index in [1.165, 1.54) is 18.6 Å². The van der Waals surface area contributed by atoms with Gasteiger partial charge < -0.3 is 9.84 Å². The number of rotatable bonds is 3. The Kier molecular flexibility index (Phi) is 5.47.